The maximum absolute atomic E-state index is 11.7. The summed E-state index contributed by atoms with van der Waals surface area (Å²) in [7, 11) is 0. The van der Waals surface area contributed by atoms with Gasteiger partial charge in [-0.2, -0.15) is 4.98 Å². The lowest BCUT2D eigenvalue weighted by atomic mass is 10.1. The predicted molar refractivity (Wildman–Crippen MR) is 72.3 cm³/mol. The Morgan fingerprint density at radius 1 is 1.47 bits per heavy atom. The Kier molecular flexibility index (Phi) is 4.37. The lowest BCUT2D eigenvalue weighted by Gasteiger charge is -2.00. The molecule has 0 atom stereocenters. The second-order valence-corrected chi connectivity index (χ2v) is 5.28. The van der Waals surface area contributed by atoms with E-state index in [1.54, 1.807) is 12.3 Å². The highest BCUT2D eigenvalue weighted by molar-refractivity contribution is 6.30. The van der Waals surface area contributed by atoms with Crippen LogP contribution in [0, 0.1) is 5.92 Å². The molecular weight excluding hydrogens is 266 g/mol. The van der Waals surface area contributed by atoms with Gasteiger partial charge in [0.1, 0.15) is 6.54 Å². The summed E-state index contributed by atoms with van der Waals surface area (Å²) >= 11 is 5.73. The third-order valence-electron chi connectivity index (χ3n) is 2.72. The number of rotatable bonds is 5. The first-order chi connectivity index (χ1) is 9.04. The van der Waals surface area contributed by atoms with Gasteiger partial charge in [0.25, 0.3) is 5.56 Å². The van der Waals surface area contributed by atoms with Crippen molar-refractivity contribution in [2.24, 2.45) is 5.92 Å². The summed E-state index contributed by atoms with van der Waals surface area (Å²) in [6, 6.07) is 3.01. The largest absolute Gasteiger partial charge is 0.337 e. The Balaban J connectivity index is 2.05. The van der Waals surface area contributed by atoms with E-state index in [2.05, 4.69) is 24.0 Å². The molecule has 2 aromatic rings. The quantitative estimate of drug-likeness (QED) is 0.845. The SMILES string of the molecule is CC(C)CCc1noc(Cn2ccc(Cl)cc2=O)n1. The maximum Gasteiger partial charge on any atom is 0.252 e. The topological polar surface area (TPSA) is 60.9 Å². The smallest absolute Gasteiger partial charge is 0.252 e. The molecule has 19 heavy (non-hydrogen) atoms. The summed E-state index contributed by atoms with van der Waals surface area (Å²) in [6.45, 7) is 4.56. The molecule has 0 unspecified atom stereocenters. The molecule has 0 aromatic carbocycles. The van der Waals surface area contributed by atoms with E-state index in [1.807, 2.05) is 0 Å². The summed E-state index contributed by atoms with van der Waals surface area (Å²) in [5, 5.41) is 4.32. The van der Waals surface area contributed by atoms with Crippen molar-refractivity contribution in [3.05, 3.63) is 45.4 Å². The van der Waals surface area contributed by atoms with Gasteiger partial charge in [0.2, 0.25) is 5.89 Å². The van der Waals surface area contributed by atoms with Crippen molar-refractivity contribution >= 4 is 11.6 Å². The number of hydrogen-bond acceptors (Lipinski definition) is 4. The number of nitrogens with zero attached hydrogens (tertiary/aromatic N) is 3. The minimum absolute atomic E-state index is 0.186. The molecule has 0 saturated heterocycles. The summed E-state index contributed by atoms with van der Waals surface area (Å²) in [5.74, 6) is 1.72. The zero-order valence-electron chi connectivity index (χ0n) is 11.0. The van der Waals surface area contributed by atoms with E-state index in [9.17, 15) is 4.79 Å². The standard InChI is InChI=1S/C13H16ClN3O2/c1-9(2)3-4-11-15-12(19-16-11)8-17-6-5-10(14)7-13(17)18/h5-7,9H,3-4,8H2,1-2H3. The number of aromatic nitrogens is 3. The molecule has 0 aliphatic carbocycles. The van der Waals surface area contributed by atoms with Crippen LogP contribution in [-0.4, -0.2) is 14.7 Å². The predicted octanol–water partition coefficient (Wildman–Crippen LogP) is 2.52. The van der Waals surface area contributed by atoms with Crippen LogP contribution in [0.2, 0.25) is 5.02 Å². The van der Waals surface area contributed by atoms with E-state index in [-0.39, 0.29) is 12.1 Å². The molecule has 0 aliphatic heterocycles. The van der Waals surface area contributed by atoms with E-state index in [1.165, 1.54) is 10.6 Å². The van der Waals surface area contributed by atoms with Crippen molar-refractivity contribution in [1.29, 1.82) is 0 Å². The summed E-state index contributed by atoms with van der Waals surface area (Å²) in [5.41, 5.74) is -0.186. The van der Waals surface area contributed by atoms with Crippen molar-refractivity contribution in [3.63, 3.8) is 0 Å². The van der Waals surface area contributed by atoms with Crippen LogP contribution in [0.15, 0.2) is 27.6 Å². The Morgan fingerprint density at radius 2 is 2.26 bits per heavy atom. The number of aryl methyl sites for hydroxylation is 1. The first-order valence-corrected chi connectivity index (χ1v) is 6.60. The van der Waals surface area contributed by atoms with Crippen LogP contribution in [0.4, 0.5) is 0 Å². The van der Waals surface area contributed by atoms with Crippen LogP contribution in [0.25, 0.3) is 0 Å². The van der Waals surface area contributed by atoms with Crippen LogP contribution in [0.3, 0.4) is 0 Å². The summed E-state index contributed by atoms with van der Waals surface area (Å²) in [6.07, 6.45) is 3.42. The van der Waals surface area contributed by atoms with Crippen LogP contribution < -0.4 is 5.56 Å². The first-order valence-electron chi connectivity index (χ1n) is 6.22. The average Bonchev–Trinajstić information content (AvgIpc) is 2.78. The van der Waals surface area contributed by atoms with Crippen molar-refractivity contribution in [1.82, 2.24) is 14.7 Å². The van der Waals surface area contributed by atoms with Crippen molar-refractivity contribution < 1.29 is 4.52 Å². The van der Waals surface area contributed by atoms with Crippen LogP contribution >= 0.6 is 11.6 Å². The number of hydrogen-bond donors (Lipinski definition) is 0. The lowest BCUT2D eigenvalue weighted by molar-refractivity contribution is 0.363. The van der Waals surface area contributed by atoms with Gasteiger partial charge in [-0.25, -0.2) is 0 Å². The molecule has 0 saturated carbocycles. The first kappa shape index (κ1) is 13.8. The van der Waals surface area contributed by atoms with Crippen molar-refractivity contribution in [2.75, 3.05) is 0 Å². The fourth-order valence-corrected chi connectivity index (χ4v) is 1.78. The Labute approximate surface area is 116 Å². The van der Waals surface area contributed by atoms with E-state index in [4.69, 9.17) is 16.1 Å². The average molecular weight is 282 g/mol. The van der Waals surface area contributed by atoms with E-state index in [0.717, 1.165) is 12.8 Å². The second-order valence-electron chi connectivity index (χ2n) is 4.85. The molecule has 0 amide bonds. The molecule has 0 spiro atoms. The molecule has 2 rings (SSSR count). The molecule has 102 valence electrons. The third-order valence-corrected chi connectivity index (χ3v) is 2.95. The van der Waals surface area contributed by atoms with Gasteiger partial charge in [-0.15, -0.1) is 0 Å². The fourth-order valence-electron chi connectivity index (χ4n) is 1.63. The monoisotopic (exact) mass is 281 g/mol. The van der Waals surface area contributed by atoms with Gasteiger partial charge >= 0.3 is 0 Å². The Bertz CT molecular complexity index is 604. The Hall–Kier alpha value is -1.62. The molecule has 2 aromatic heterocycles. The highest BCUT2D eigenvalue weighted by Gasteiger charge is 2.08. The molecule has 5 nitrogen and oxygen atoms in total. The summed E-state index contributed by atoms with van der Waals surface area (Å²) in [4.78, 5) is 15.9. The Morgan fingerprint density at radius 3 is 2.95 bits per heavy atom. The maximum atomic E-state index is 11.7. The van der Waals surface area contributed by atoms with Gasteiger partial charge in [-0.1, -0.05) is 30.6 Å². The molecule has 2 heterocycles. The van der Waals surface area contributed by atoms with Gasteiger partial charge in [0, 0.05) is 23.7 Å². The van der Waals surface area contributed by atoms with Crippen LogP contribution in [-0.2, 0) is 13.0 Å². The normalized spacial score (nSPS) is 11.2. The highest BCUT2D eigenvalue weighted by atomic mass is 35.5. The van der Waals surface area contributed by atoms with E-state index >= 15 is 0 Å². The molecule has 0 N–H and O–H groups in total. The molecular formula is C13H16ClN3O2. The summed E-state index contributed by atoms with van der Waals surface area (Å²) < 4.78 is 6.61. The lowest BCUT2D eigenvalue weighted by Crippen LogP contribution is -2.18. The van der Waals surface area contributed by atoms with Gasteiger partial charge in [0.15, 0.2) is 5.82 Å². The van der Waals surface area contributed by atoms with Gasteiger partial charge in [-0.3, -0.25) is 4.79 Å². The number of pyridine rings is 1. The molecule has 0 bridgehead atoms. The van der Waals surface area contributed by atoms with E-state index < -0.39 is 0 Å². The second kappa shape index (κ2) is 6.02. The molecule has 0 aliphatic rings. The zero-order chi connectivity index (χ0) is 13.8. The van der Waals surface area contributed by atoms with Gasteiger partial charge in [-0.05, 0) is 18.4 Å². The van der Waals surface area contributed by atoms with Gasteiger partial charge < -0.3 is 9.09 Å². The van der Waals surface area contributed by atoms with Crippen molar-refractivity contribution in [2.45, 2.75) is 33.2 Å². The van der Waals surface area contributed by atoms with Crippen LogP contribution in [0.5, 0.6) is 0 Å². The third kappa shape index (κ3) is 3.92. The van der Waals surface area contributed by atoms with Gasteiger partial charge in [0.05, 0.1) is 0 Å². The van der Waals surface area contributed by atoms with E-state index in [0.29, 0.717) is 22.7 Å². The number of halogens is 1. The zero-order valence-corrected chi connectivity index (χ0v) is 11.7. The highest BCUT2D eigenvalue weighted by Crippen LogP contribution is 2.07. The molecule has 0 fully saturated rings. The molecule has 6 heteroatoms. The van der Waals surface area contributed by atoms with Crippen molar-refractivity contribution in [3.8, 4) is 0 Å². The minimum atomic E-state index is -0.186. The minimum Gasteiger partial charge on any atom is -0.337 e. The van der Waals surface area contributed by atoms with Crippen LogP contribution in [0.1, 0.15) is 32.0 Å². The molecule has 0 radical (unpaired) electrons. The fraction of sp³-hybridized carbons (Fsp3) is 0.462.